The number of aromatic amines is 1. The maximum Gasteiger partial charge on any atom is 0.250 e. The molecule has 0 amide bonds. The van der Waals surface area contributed by atoms with Gasteiger partial charge >= 0.3 is 0 Å². The lowest BCUT2D eigenvalue weighted by molar-refractivity contribution is 0.281. The molecule has 2 atom stereocenters. The normalized spacial score (nSPS) is 21.6. The Morgan fingerprint density at radius 2 is 1.93 bits per heavy atom. The molecule has 2 bridgehead atoms. The molecule has 0 saturated carbocycles. The monoisotopic (exact) mass is 357 g/mol. The van der Waals surface area contributed by atoms with Gasteiger partial charge in [0.1, 0.15) is 17.4 Å². The molecule has 0 aliphatic carbocycles. The molecule has 4 aromatic rings. The molecule has 6 rings (SSSR count). The third kappa shape index (κ3) is 2.16. The SMILES string of the molecule is O=c1cccc2n1C[C@@H]1C[C@@H]2CN(c2ncnc3c2[nH]c2ccccc23)C1. The molecule has 0 radical (unpaired) electrons. The van der Waals surface area contributed by atoms with Crippen molar-refractivity contribution in [1.29, 1.82) is 0 Å². The van der Waals surface area contributed by atoms with E-state index in [1.807, 2.05) is 22.8 Å². The lowest BCUT2D eigenvalue weighted by Crippen LogP contribution is -2.47. The number of pyridine rings is 1. The quantitative estimate of drug-likeness (QED) is 0.569. The van der Waals surface area contributed by atoms with E-state index in [1.54, 1.807) is 12.4 Å². The van der Waals surface area contributed by atoms with Crippen molar-refractivity contribution in [3.8, 4) is 0 Å². The number of rotatable bonds is 1. The van der Waals surface area contributed by atoms with Gasteiger partial charge in [-0.1, -0.05) is 24.3 Å². The average Bonchev–Trinajstić information content (AvgIpc) is 3.07. The fourth-order valence-electron chi connectivity index (χ4n) is 4.94. The van der Waals surface area contributed by atoms with Gasteiger partial charge < -0.3 is 14.5 Å². The molecule has 5 heterocycles. The van der Waals surface area contributed by atoms with Crippen LogP contribution in [0.15, 0.2) is 53.6 Å². The number of aromatic nitrogens is 4. The summed E-state index contributed by atoms with van der Waals surface area (Å²) < 4.78 is 1.97. The number of H-pyrrole nitrogens is 1. The van der Waals surface area contributed by atoms with Gasteiger partial charge in [-0.05, 0) is 24.5 Å². The van der Waals surface area contributed by atoms with E-state index in [1.165, 1.54) is 0 Å². The number of hydrogen-bond acceptors (Lipinski definition) is 4. The van der Waals surface area contributed by atoms with Crippen LogP contribution in [0.1, 0.15) is 18.0 Å². The van der Waals surface area contributed by atoms with Gasteiger partial charge in [0.15, 0.2) is 5.82 Å². The highest BCUT2D eigenvalue weighted by Gasteiger charge is 2.35. The lowest BCUT2D eigenvalue weighted by atomic mass is 9.83. The Morgan fingerprint density at radius 1 is 1.00 bits per heavy atom. The summed E-state index contributed by atoms with van der Waals surface area (Å²) in [5.74, 6) is 1.80. The molecule has 0 unspecified atom stereocenters. The zero-order valence-corrected chi connectivity index (χ0v) is 14.8. The summed E-state index contributed by atoms with van der Waals surface area (Å²) in [6.45, 7) is 2.59. The molecule has 0 spiro atoms. The first-order valence-electron chi connectivity index (χ1n) is 9.44. The van der Waals surface area contributed by atoms with E-state index in [-0.39, 0.29) is 5.56 Å². The molecule has 27 heavy (non-hydrogen) atoms. The maximum atomic E-state index is 12.2. The van der Waals surface area contributed by atoms with Crippen molar-refractivity contribution in [1.82, 2.24) is 19.5 Å². The van der Waals surface area contributed by atoms with Crippen molar-refractivity contribution in [2.24, 2.45) is 5.92 Å². The Labute approximate surface area is 155 Å². The maximum absolute atomic E-state index is 12.2. The molecule has 6 nitrogen and oxygen atoms in total. The number of benzene rings is 1. The zero-order chi connectivity index (χ0) is 18.0. The average molecular weight is 357 g/mol. The number of nitrogens with zero attached hydrogens (tertiary/aromatic N) is 4. The van der Waals surface area contributed by atoms with E-state index in [4.69, 9.17) is 0 Å². The van der Waals surface area contributed by atoms with Gasteiger partial charge in [0.25, 0.3) is 5.56 Å². The standard InChI is InChI=1S/C21H19N5O/c27-18-7-3-6-17-14-8-13(10-26(17)18)9-25(11-14)21-20-19(22-12-23-21)15-4-1-2-5-16(15)24-20/h1-7,12-14,24H,8-11H2/t13-,14-/m1/s1. The predicted octanol–water partition coefficient (Wildman–Crippen LogP) is 2.90. The highest BCUT2D eigenvalue weighted by molar-refractivity contribution is 6.08. The van der Waals surface area contributed by atoms with Crippen molar-refractivity contribution in [3.63, 3.8) is 0 Å². The van der Waals surface area contributed by atoms with E-state index >= 15 is 0 Å². The summed E-state index contributed by atoms with van der Waals surface area (Å²) in [5.41, 5.74) is 4.34. The van der Waals surface area contributed by atoms with Crippen molar-refractivity contribution in [2.45, 2.75) is 18.9 Å². The second kappa shape index (κ2) is 5.42. The van der Waals surface area contributed by atoms with Crippen LogP contribution < -0.4 is 10.5 Å². The first-order valence-corrected chi connectivity index (χ1v) is 9.44. The van der Waals surface area contributed by atoms with Crippen LogP contribution in [0.25, 0.3) is 21.9 Å². The fourth-order valence-corrected chi connectivity index (χ4v) is 4.94. The summed E-state index contributed by atoms with van der Waals surface area (Å²) in [7, 11) is 0. The van der Waals surface area contributed by atoms with Gasteiger partial charge in [-0.2, -0.15) is 0 Å². The minimum Gasteiger partial charge on any atom is -0.354 e. The van der Waals surface area contributed by atoms with Gasteiger partial charge in [-0.3, -0.25) is 4.79 Å². The number of hydrogen-bond donors (Lipinski definition) is 1. The van der Waals surface area contributed by atoms with Crippen LogP contribution in [0, 0.1) is 5.92 Å². The van der Waals surface area contributed by atoms with Crippen LogP contribution in [0.2, 0.25) is 0 Å². The first-order chi connectivity index (χ1) is 13.3. The van der Waals surface area contributed by atoms with Gasteiger partial charge in [-0.15, -0.1) is 0 Å². The molecule has 6 heteroatoms. The molecule has 1 fully saturated rings. The van der Waals surface area contributed by atoms with Crippen LogP contribution in [0.3, 0.4) is 0 Å². The fraction of sp³-hybridized carbons (Fsp3) is 0.286. The Balaban J connectivity index is 1.47. The first kappa shape index (κ1) is 15.0. The molecular formula is C21H19N5O. The number of para-hydroxylation sites is 1. The number of nitrogens with one attached hydrogen (secondary N) is 1. The Morgan fingerprint density at radius 3 is 2.89 bits per heavy atom. The molecule has 1 aromatic carbocycles. The van der Waals surface area contributed by atoms with E-state index < -0.39 is 0 Å². The van der Waals surface area contributed by atoms with Gasteiger partial charge in [-0.25, -0.2) is 9.97 Å². The van der Waals surface area contributed by atoms with E-state index in [0.29, 0.717) is 11.8 Å². The van der Waals surface area contributed by atoms with Gasteiger partial charge in [0.2, 0.25) is 0 Å². The van der Waals surface area contributed by atoms with E-state index in [2.05, 4.69) is 38.1 Å². The van der Waals surface area contributed by atoms with Crippen molar-refractivity contribution < 1.29 is 0 Å². The number of fused-ring (bicyclic) bond motifs is 7. The highest BCUT2D eigenvalue weighted by atomic mass is 16.1. The second-order valence-corrected chi connectivity index (χ2v) is 7.69. The van der Waals surface area contributed by atoms with Crippen LogP contribution >= 0.6 is 0 Å². The van der Waals surface area contributed by atoms with Gasteiger partial charge in [0.05, 0.1) is 0 Å². The third-order valence-corrected chi connectivity index (χ3v) is 6.05. The Hall–Kier alpha value is -3.15. The van der Waals surface area contributed by atoms with Crippen LogP contribution in [-0.4, -0.2) is 32.6 Å². The summed E-state index contributed by atoms with van der Waals surface area (Å²) in [5, 5.41) is 1.13. The largest absolute Gasteiger partial charge is 0.354 e. The summed E-state index contributed by atoms with van der Waals surface area (Å²) in [4.78, 5) is 27.3. The molecule has 3 aromatic heterocycles. The molecule has 2 aliphatic heterocycles. The summed E-state index contributed by atoms with van der Waals surface area (Å²) in [6.07, 6.45) is 2.81. The Bertz CT molecular complexity index is 1240. The molecule has 134 valence electrons. The zero-order valence-electron chi connectivity index (χ0n) is 14.8. The topological polar surface area (TPSA) is 66.8 Å². The summed E-state index contributed by atoms with van der Waals surface area (Å²) >= 11 is 0. The molecular weight excluding hydrogens is 338 g/mol. The van der Waals surface area contributed by atoms with Crippen molar-refractivity contribution in [2.75, 3.05) is 18.0 Å². The second-order valence-electron chi connectivity index (χ2n) is 7.69. The smallest absolute Gasteiger partial charge is 0.250 e. The number of piperidine rings is 1. The third-order valence-electron chi connectivity index (χ3n) is 6.05. The minimum absolute atomic E-state index is 0.121. The van der Waals surface area contributed by atoms with Crippen molar-refractivity contribution in [3.05, 3.63) is 64.8 Å². The van der Waals surface area contributed by atoms with Gasteiger partial charge in [0, 0.05) is 48.2 Å². The summed E-state index contributed by atoms with van der Waals surface area (Å²) in [6, 6.07) is 13.9. The predicted molar refractivity (Wildman–Crippen MR) is 105 cm³/mol. The molecule has 1 N–H and O–H groups in total. The van der Waals surface area contributed by atoms with Crippen molar-refractivity contribution >= 4 is 27.8 Å². The van der Waals surface area contributed by atoms with E-state index in [9.17, 15) is 4.79 Å². The Kier molecular flexibility index (Phi) is 3.01. The van der Waals surface area contributed by atoms with Crippen LogP contribution in [0.5, 0.6) is 0 Å². The minimum atomic E-state index is 0.121. The van der Waals surface area contributed by atoms with Crippen LogP contribution in [0.4, 0.5) is 5.82 Å². The molecule has 1 saturated heterocycles. The van der Waals surface area contributed by atoms with Crippen LogP contribution in [-0.2, 0) is 6.54 Å². The number of anilines is 1. The lowest BCUT2D eigenvalue weighted by Gasteiger charge is -2.43. The molecule has 2 aliphatic rings. The highest BCUT2D eigenvalue weighted by Crippen LogP contribution is 2.38. The van der Waals surface area contributed by atoms with E-state index in [0.717, 1.165) is 59.5 Å².